The maximum Gasteiger partial charge on any atom is 0.229 e. The molecule has 0 spiro atoms. The van der Waals surface area contributed by atoms with E-state index in [0.717, 1.165) is 28.2 Å². The second kappa shape index (κ2) is 8.43. The molecule has 1 atom stereocenters. The van der Waals surface area contributed by atoms with E-state index in [1.54, 1.807) is 18.1 Å². The molecule has 0 radical (unpaired) electrons. The van der Waals surface area contributed by atoms with E-state index < -0.39 is 5.92 Å². The predicted molar refractivity (Wildman–Crippen MR) is 127 cm³/mol. The van der Waals surface area contributed by atoms with Crippen LogP contribution in [-0.2, 0) is 9.59 Å². The van der Waals surface area contributed by atoms with Gasteiger partial charge in [0.15, 0.2) is 0 Å². The smallest absolute Gasteiger partial charge is 0.229 e. The Hall–Kier alpha value is -4.13. The fraction of sp³-hybridized carbons (Fsp3) is 0.192. The summed E-state index contributed by atoms with van der Waals surface area (Å²) >= 11 is 0. The summed E-state index contributed by atoms with van der Waals surface area (Å²) in [5, 5.41) is 2.95. The first-order valence-electron chi connectivity index (χ1n) is 10.8. The lowest BCUT2D eigenvalue weighted by atomic mass is 10.1. The van der Waals surface area contributed by atoms with Gasteiger partial charge >= 0.3 is 0 Å². The Balaban J connectivity index is 1.27. The van der Waals surface area contributed by atoms with Crippen molar-refractivity contribution in [1.29, 1.82) is 0 Å². The van der Waals surface area contributed by atoms with E-state index in [1.165, 1.54) is 0 Å². The highest BCUT2D eigenvalue weighted by atomic mass is 16.5. The molecule has 166 valence electrons. The first-order valence-corrected chi connectivity index (χ1v) is 10.8. The Morgan fingerprint density at radius 2 is 1.94 bits per heavy atom. The van der Waals surface area contributed by atoms with Crippen molar-refractivity contribution in [3.05, 3.63) is 78.6 Å². The summed E-state index contributed by atoms with van der Waals surface area (Å²) in [4.78, 5) is 31.7. The molecule has 1 N–H and O–H groups in total. The van der Waals surface area contributed by atoms with Gasteiger partial charge in [-0.05, 0) is 42.8 Å². The maximum absolute atomic E-state index is 12.8. The van der Waals surface area contributed by atoms with Crippen molar-refractivity contribution in [2.75, 3.05) is 23.9 Å². The number of nitrogens with zero attached hydrogens (tertiary/aromatic N) is 3. The molecule has 3 heterocycles. The molecule has 1 saturated heterocycles. The van der Waals surface area contributed by atoms with Crippen molar-refractivity contribution in [1.82, 2.24) is 9.38 Å². The topological polar surface area (TPSA) is 75.9 Å². The molecule has 0 saturated carbocycles. The number of carbonyl (C=O) groups excluding carboxylic acids is 2. The molecule has 0 aliphatic carbocycles. The molecule has 1 aliphatic rings. The molecule has 7 nitrogen and oxygen atoms in total. The van der Waals surface area contributed by atoms with E-state index in [-0.39, 0.29) is 18.2 Å². The number of fused-ring (bicyclic) bond motifs is 1. The Morgan fingerprint density at radius 1 is 1.12 bits per heavy atom. The zero-order valence-corrected chi connectivity index (χ0v) is 18.5. The van der Waals surface area contributed by atoms with Crippen LogP contribution in [0.1, 0.15) is 12.0 Å². The summed E-state index contributed by atoms with van der Waals surface area (Å²) in [7, 11) is 1.59. The molecule has 2 amide bonds. The second-order valence-corrected chi connectivity index (χ2v) is 8.22. The van der Waals surface area contributed by atoms with Gasteiger partial charge in [-0.15, -0.1) is 0 Å². The Labute approximate surface area is 191 Å². The average Bonchev–Trinajstić information content (AvgIpc) is 3.44. The van der Waals surface area contributed by atoms with Crippen molar-refractivity contribution in [3.63, 3.8) is 0 Å². The highest BCUT2D eigenvalue weighted by Crippen LogP contribution is 2.29. The van der Waals surface area contributed by atoms with Gasteiger partial charge in [-0.25, -0.2) is 4.98 Å². The molecule has 2 aromatic heterocycles. The number of ether oxygens (including phenoxy) is 1. The van der Waals surface area contributed by atoms with Gasteiger partial charge in [-0.2, -0.15) is 0 Å². The van der Waals surface area contributed by atoms with Gasteiger partial charge in [0.05, 0.1) is 18.7 Å². The quantitative estimate of drug-likeness (QED) is 0.502. The third kappa shape index (κ3) is 4.05. The summed E-state index contributed by atoms with van der Waals surface area (Å²) in [6.45, 7) is 2.38. The lowest BCUT2D eigenvalue weighted by Crippen LogP contribution is -2.28. The number of aromatic nitrogens is 2. The minimum Gasteiger partial charge on any atom is -0.497 e. The number of benzene rings is 2. The minimum absolute atomic E-state index is 0.0686. The van der Waals surface area contributed by atoms with Crippen molar-refractivity contribution in [2.45, 2.75) is 13.3 Å². The number of methoxy groups -OCH3 is 1. The van der Waals surface area contributed by atoms with E-state index in [2.05, 4.69) is 5.32 Å². The monoisotopic (exact) mass is 440 g/mol. The molecule has 0 bridgehead atoms. The molecule has 1 fully saturated rings. The van der Waals surface area contributed by atoms with Gasteiger partial charge in [0, 0.05) is 48.4 Å². The molecule has 0 unspecified atom stereocenters. The van der Waals surface area contributed by atoms with Crippen LogP contribution >= 0.6 is 0 Å². The van der Waals surface area contributed by atoms with Gasteiger partial charge < -0.3 is 19.4 Å². The van der Waals surface area contributed by atoms with Crippen LogP contribution in [-0.4, -0.2) is 34.9 Å². The van der Waals surface area contributed by atoms with E-state index in [9.17, 15) is 9.59 Å². The highest BCUT2D eigenvalue weighted by molar-refractivity contribution is 6.03. The van der Waals surface area contributed by atoms with Gasteiger partial charge in [0.1, 0.15) is 11.4 Å². The summed E-state index contributed by atoms with van der Waals surface area (Å²) in [5.74, 6) is 0.0320. The van der Waals surface area contributed by atoms with Crippen LogP contribution in [0.3, 0.4) is 0 Å². The third-order valence-electron chi connectivity index (χ3n) is 5.99. The molecule has 33 heavy (non-hydrogen) atoms. The molecule has 7 heteroatoms. The lowest BCUT2D eigenvalue weighted by molar-refractivity contribution is -0.122. The van der Waals surface area contributed by atoms with Gasteiger partial charge in [0.25, 0.3) is 0 Å². The predicted octanol–water partition coefficient (Wildman–Crippen LogP) is 4.31. The van der Waals surface area contributed by atoms with Crippen LogP contribution < -0.4 is 15.0 Å². The molecular weight excluding hydrogens is 416 g/mol. The standard InChI is InChI=1S/C26H24N4O3/c1-17-5-4-12-29-16-23(28-25(17)29)18-8-10-20(11-9-18)27-26(32)19-13-24(31)30(15-19)21-6-3-7-22(14-21)33-2/h3-12,14,16,19H,13,15H2,1-2H3,(H,27,32)/t19-/m0/s1. The molecular formula is C26H24N4O3. The zero-order valence-electron chi connectivity index (χ0n) is 18.5. The maximum atomic E-state index is 12.8. The number of aryl methyl sites for hydroxylation is 1. The Bertz CT molecular complexity index is 1340. The highest BCUT2D eigenvalue weighted by Gasteiger charge is 2.35. The Kier molecular flexibility index (Phi) is 5.30. The largest absolute Gasteiger partial charge is 0.497 e. The van der Waals surface area contributed by atoms with E-state index >= 15 is 0 Å². The molecule has 4 aromatic rings. The lowest BCUT2D eigenvalue weighted by Gasteiger charge is -2.17. The zero-order chi connectivity index (χ0) is 22.9. The first-order chi connectivity index (χ1) is 16.0. The van der Waals surface area contributed by atoms with Gasteiger partial charge in [-0.1, -0.05) is 24.3 Å². The summed E-state index contributed by atoms with van der Waals surface area (Å²) in [6.07, 6.45) is 4.15. The molecule has 1 aliphatic heterocycles. The summed E-state index contributed by atoms with van der Waals surface area (Å²) < 4.78 is 7.25. The van der Waals surface area contributed by atoms with Crippen LogP contribution in [0.15, 0.2) is 73.1 Å². The normalized spacial score (nSPS) is 15.8. The number of rotatable bonds is 5. The van der Waals surface area contributed by atoms with Crippen molar-refractivity contribution >= 4 is 28.8 Å². The van der Waals surface area contributed by atoms with E-state index in [1.807, 2.05) is 78.3 Å². The number of hydrogen-bond donors (Lipinski definition) is 1. The van der Waals surface area contributed by atoms with Crippen LogP contribution in [0, 0.1) is 12.8 Å². The Morgan fingerprint density at radius 3 is 2.70 bits per heavy atom. The van der Waals surface area contributed by atoms with Gasteiger partial charge in [-0.3, -0.25) is 9.59 Å². The summed E-state index contributed by atoms with van der Waals surface area (Å²) in [6, 6.07) is 18.9. The first kappa shape index (κ1) is 20.8. The van der Waals surface area contributed by atoms with Crippen molar-refractivity contribution in [3.8, 4) is 17.0 Å². The number of anilines is 2. The van der Waals surface area contributed by atoms with Crippen molar-refractivity contribution in [2.24, 2.45) is 5.92 Å². The number of amides is 2. The fourth-order valence-corrected chi connectivity index (χ4v) is 4.17. The average molecular weight is 441 g/mol. The third-order valence-corrected chi connectivity index (χ3v) is 5.99. The number of pyridine rings is 1. The van der Waals surface area contributed by atoms with Gasteiger partial charge in [0.2, 0.25) is 11.8 Å². The van der Waals surface area contributed by atoms with E-state index in [0.29, 0.717) is 18.0 Å². The minimum atomic E-state index is -0.412. The SMILES string of the molecule is COc1cccc(N2C[C@@H](C(=O)Nc3ccc(-c4cn5cccc(C)c5n4)cc3)CC2=O)c1. The number of hydrogen-bond acceptors (Lipinski definition) is 4. The number of nitrogens with one attached hydrogen (secondary N) is 1. The summed E-state index contributed by atoms with van der Waals surface area (Å²) in [5.41, 5.74) is 5.31. The van der Waals surface area contributed by atoms with Crippen LogP contribution in [0.4, 0.5) is 11.4 Å². The van der Waals surface area contributed by atoms with E-state index in [4.69, 9.17) is 9.72 Å². The second-order valence-electron chi connectivity index (χ2n) is 8.22. The van der Waals surface area contributed by atoms with Crippen molar-refractivity contribution < 1.29 is 14.3 Å². The molecule has 2 aromatic carbocycles. The number of imidazole rings is 1. The van der Waals surface area contributed by atoms with Crippen LogP contribution in [0.2, 0.25) is 0 Å². The van der Waals surface area contributed by atoms with Crippen LogP contribution in [0.5, 0.6) is 5.75 Å². The fourth-order valence-electron chi connectivity index (χ4n) is 4.17. The van der Waals surface area contributed by atoms with Crippen LogP contribution in [0.25, 0.3) is 16.9 Å². The molecule has 5 rings (SSSR count). The number of carbonyl (C=O) groups is 2.